The summed E-state index contributed by atoms with van der Waals surface area (Å²) in [5.74, 6) is 0.784. The van der Waals surface area contributed by atoms with Crippen LogP contribution in [0.1, 0.15) is 51.1 Å². The number of nitrogens with zero attached hydrogens (tertiary/aromatic N) is 3. The molecule has 1 fully saturated rings. The van der Waals surface area contributed by atoms with E-state index in [1.165, 1.54) is 31.0 Å². The SMILES string of the molecule is CCCCCCOc1nsnc1C12C=CN(CC1)CC2. The highest BCUT2D eigenvalue weighted by Gasteiger charge is 2.41. The molecule has 4 nitrogen and oxygen atoms in total. The molecule has 0 unspecified atom stereocenters. The lowest BCUT2D eigenvalue weighted by atomic mass is 9.73. The van der Waals surface area contributed by atoms with Gasteiger partial charge in [0.05, 0.1) is 18.3 Å². The molecule has 1 aromatic rings. The van der Waals surface area contributed by atoms with Crippen molar-refractivity contribution in [2.24, 2.45) is 0 Å². The third kappa shape index (κ3) is 2.68. The van der Waals surface area contributed by atoms with Crippen LogP contribution in [0.2, 0.25) is 0 Å². The highest BCUT2D eigenvalue weighted by molar-refractivity contribution is 6.99. The highest BCUT2D eigenvalue weighted by atomic mass is 32.1. The summed E-state index contributed by atoms with van der Waals surface area (Å²) in [5.41, 5.74) is 1.16. The van der Waals surface area contributed by atoms with E-state index in [0.717, 1.165) is 50.5 Å². The Bertz CT molecular complexity index is 463. The second-order valence-corrected chi connectivity index (χ2v) is 6.36. The lowest BCUT2D eigenvalue weighted by molar-refractivity contribution is 0.201. The molecule has 0 N–H and O–H groups in total. The van der Waals surface area contributed by atoms with E-state index in [9.17, 15) is 0 Å². The summed E-state index contributed by atoms with van der Waals surface area (Å²) in [6, 6.07) is 0. The Balaban J connectivity index is 1.64. The lowest BCUT2D eigenvalue weighted by Gasteiger charge is -2.43. The number of aromatic nitrogens is 2. The first kappa shape index (κ1) is 13.9. The van der Waals surface area contributed by atoms with E-state index < -0.39 is 0 Å². The molecule has 3 aliphatic heterocycles. The molecule has 2 bridgehead atoms. The smallest absolute Gasteiger partial charge is 0.249 e. The zero-order valence-electron chi connectivity index (χ0n) is 12.2. The van der Waals surface area contributed by atoms with Crippen LogP contribution in [0.3, 0.4) is 0 Å². The first-order valence-corrected chi connectivity index (χ1v) is 8.46. The number of hydrogen-bond donors (Lipinski definition) is 0. The van der Waals surface area contributed by atoms with Gasteiger partial charge in [-0.2, -0.15) is 4.37 Å². The third-order valence-electron chi connectivity index (χ3n) is 4.46. The van der Waals surface area contributed by atoms with Gasteiger partial charge in [0.15, 0.2) is 0 Å². The number of rotatable bonds is 7. The third-order valence-corrected chi connectivity index (χ3v) is 4.97. The van der Waals surface area contributed by atoms with Gasteiger partial charge < -0.3 is 9.64 Å². The fraction of sp³-hybridized carbons (Fsp3) is 0.733. The molecule has 4 heterocycles. The minimum Gasteiger partial charge on any atom is -0.476 e. The Labute approximate surface area is 125 Å². The predicted molar refractivity (Wildman–Crippen MR) is 81.2 cm³/mol. The Hall–Kier alpha value is -1.10. The van der Waals surface area contributed by atoms with E-state index in [1.54, 1.807) is 0 Å². The lowest BCUT2D eigenvalue weighted by Crippen LogP contribution is -2.44. The maximum absolute atomic E-state index is 5.91. The molecule has 0 radical (unpaired) electrons. The van der Waals surface area contributed by atoms with Gasteiger partial charge in [0.2, 0.25) is 5.88 Å². The number of piperidine rings is 1. The summed E-state index contributed by atoms with van der Waals surface area (Å²) in [6.07, 6.45) is 11.7. The molecule has 1 aromatic heterocycles. The van der Waals surface area contributed by atoms with Crippen molar-refractivity contribution in [1.29, 1.82) is 0 Å². The molecular weight excluding hydrogens is 270 g/mol. The summed E-state index contributed by atoms with van der Waals surface area (Å²) in [4.78, 5) is 2.38. The Morgan fingerprint density at radius 2 is 2.10 bits per heavy atom. The quantitative estimate of drug-likeness (QED) is 0.723. The molecule has 3 aliphatic rings. The Morgan fingerprint density at radius 3 is 2.80 bits per heavy atom. The van der Waals surface area contributed by atoms with Gasteiger partial charge in [-0.25, -0.2) is 0 Å². The maximum Gasteiger partial charge on any atom is 0.249 e. The fourth-order valence-electron chi connectivity index (χ4n) is 3.08. The van der Waals surface area contributed by atoms with Gasteiger partial charge in [-0.15, -0.1) is 4.37 Å². The van der Waals surface area contributed by atoms with Gasteiger partial charge in [0.25, 0.3) is 0 Å². The Morgan fingerprint density at radius 1 is 1.25 bits per heavy atom. The van der Waals surface area contributed by atoms with E-state index in [-0.39, 0.29) is 5.41 Å². The highest BCUT2D eigenvalue weighted by Crippen LogP contribution is 2.43. The summed E-state index contributed by atoms with van der Waals surface area (Å²) in [7, 11) is 0. The summed E-state index contributed by atoms with van der Waals surface area (Å²) < 4.78 is 14.8. The van der Waals surface area contributed by atoms with Crippen molar-refractivity contribution < 1.29 is 4.74 Å². The largest absolute Gasteiger partial charge is 0.476 e. The van der Waals surface area contributed by atoms with Crippen molar-refractivity contribution in [2.75, 3.05) is 19.7 Å². The van der Waals surface area contributed by atoms with Gasteiger partial charge in [0, 0.05) is 18.5 Å². The number of allylic oxidation sites excluding steroid dienone is 1. The first-order valence-electron chi connectivity index (χ1n) is 7.73. The summed E-state index contributed by atoms with van der Waals surface area (Å²) in [5, 5.41) is 0. The van der Waals surface area contributed by atoms with Crippen LogP contribution in [0.4, 0.5) is 0 Å². The standard InChI is InChI=1S/C15H23N3OS/c1-2-3-4-5-12-19-14-13(16-20-17-14)15-6-9-18(10-7-15)11-8-15/h6,9H,2-5,7-8,10-12H2,1H3. The molecule has 5 heteroatoms. The first-order chi connectivity index (χ1) is 9.84. The van der Waals surface area contributed by atoms with Crippen LogP contribution >= 0.6 is 11.7 Å². The molecule has 4 rings (SSSR count). The van der Waals surface area contributed by atoms with Crippen molar-refractivity contribution >= 4 is 11.7 Å². The molecule has 20 heavy (non-hydrogen) atoms. The molecule has 0 saturated carbocycles. The van der Waals surface area contributed by atoms with Crippen LogP contribution < -0.4 is 4.74 Å². The second-order valence-electron chi connectivity index (χ2n) is 5.83. The fourth-order valence-corrected chi connectivity index (χ4v) is 3.68. The van der Waals surface area contributed by atoms with Crippen LogP contribution in [0.25, 0.3) is 0 Å². The molecule has 110 valence electrons. The minimum atomic E-state index is 0.0838. The van der Waals surface area contributed by atoms with Crippen LogP contribution in [-0.2, 0) is 5.41 Å². The number of hydrogen-bond acceptors (Lipinski definition) is 5. The number of ether oxygens (including phenoxy) is 1. The zero-order valence-corrected chi connectivity index (χ0v) is 13.0. The van der Waals surface area contributed by atoms with Gasteiger partial charge in [-0.05, 0) is 25.5 Å². The van der Waals surface area contributed by atoms with Crippen molar-refractivity contribution in [2.45, 2.75) is 50.9 Å². The average molecular weight is 293 g/mol. The van der Waals surface area contributed by atoms with Crippen molar-refractivity contribution in [1.82, 2.24) is 13.6 Å². The van der Waals surface area contributed by atoms with E-state index >= 15 is 0 Å². The van der Waals surface area contributed by atoms with E-state index in [0.29, 0.717) is 0 Å². The van der Waals surface area contributed by atoms with Crippen molar-refractivity contribution in [3.63, 3.8) is 0 Å². The van der Waals surface area contributed by atoms with Crippen LogP contribution in [0.15, 0.2) is 12.3 Å². The Kier molecular flexibility index (Phi) is 4.24. The van der Waals surface area contributed by atoms with Gasteiger partial charge in [-0.1, -0.05) is 32.3 Å². The number of unbranched alkanes of at least 4 members (excludes halogenated alkanes) is 3. The zero-order chi connectivity index (χ0) is 13.8. The average Bonchev–Trinajstić information content (AvgIpc) is 2.98. The molecule has 0 amide bonds. The van der Waals surface area contributed by atoms with Gasteiger partial charge in [0.1, 0.15) is 5.69 Å². The minimum absolute atomic E-state index is 0.0838. The monoisotopic (exact) mass is 293 g/mol. The van der Waals surface area contributed by atoms with Crippen LogP contribution in [-0.4, -0.2) is 33.3 Å². The summed E-state index contributed by atoms with van der Waals surface area (Å²) >= 11 is 1.29. The molecule has 0 aromatic carbocycles. The molecular formula is C15H23N3OS. The number of fused-ring (bicyclic) bond motifs is 2. The van der Waals surface area contributed by atoms with Crippen molar-refractivity contribution in [3.8, 4) is 5.88 Å². The second kappa shape index (κ2) is 6.12. The van der Waals surface area contributed by atoms with E-state index in [4.69, 9.17) is 4.74 Å². The summed E-state index contributed by atoms with van der Waals surface area (Å²) in [6.45, 7) is 5.25. The van der Waals surface area contributed by atoms with E-state index in [2.05, 4.69) is 32.8 Å². The van der Waals surface area contributed by atoms with Crippen LogP contribution in [0.5, 0.6) is 5.88 Å². The van der Waals surface area contributed by atoms with Crippen molar-refractivity contribution in [3.05, 3.63) is 18.0 Å². The topological polar surface area (TPSA) is 38.3 Å². The van der Waals surface area contributed by atoms with Gasteiger partial charge in [-0.3, -0.25) is 0 Å². The molecule has 0 spiro atoms. The maximum atomic E-state index is 5.91. The van der Waals surface area contributed by atoms with Gasteiger partial charge >= 0.3 is 0 Å². The van der Waals surface area contributed by atoms with E-state index in [1.807, 2.05) is 0 Å². The normalized spacial score (nSPS) is 19.6. The molecule has 0 aliphatic carbocycles. The predicted octanol–water partition coefficient (Wildman–Crippen LogP) is 3.36. The molecule has 0 atom stereocenters. The molecule has 1 saturated heterocycles. The van der Waals surface area contributed by atoms with Crippen LogP contribution in [0, 0.1) is 0 Å².